The summed E-state index contributed by atoms with van der Waals surface area (Å²) in [6, 6.07) is 2.78. The van der Waals surface area contributed by atoms with Crippen LogP contribution in [-0.2, 0) is 6.54 Å². The van der Waals surface area contributed by atoms with E-state index >= 15 is 0 Å². The van der Waals surface area contributed by atoms with Crippen molar-refractivity contribution in [1.82, 2.24) is 14.7 Å². The highest BCUT2D eigenvalue weighted by molar-refractivity contribution is 5.86. The summed E-state index contributed by atoms with van der Waals surface area (Å²) in [6.45, 7) is 0.107. The SMILES string of the molecule is O=C(O)c1cccn(Cc2noc(C3CC3)n2)c1=O. The first-order chi connectivity index (χ1) is 9.15. The third-order valence-corrected chi connectivity index (χ3v) is 2.97. The second-order valence-electron chi connectivity index (χ2n) is 4.48. The summed E-state index contributed by atoms with van der Waals surface area (Å²) in [5.74, 6) is 0.0819. The van der Waals surface area contributed by atoms with Crippen molar-refractivity contribution in [3.8, 4) is 0 Å². The first-order valence-corrected chi connectivity index (χ1v) is 5.90. The van der Waals surface area contributed by atoms with E-state index in [1.54, 1.807) is 0 Å². The highest BCUT2D eigenvalue weighted by Crippen LogP contribution is 2.38. The Hall–Kier alpha value is -2.44. The Labute approximate surface area is 107 Å². The fourth-order valence-corrected chi connectivity index (χ4v) is 1.80. The molecule has 0 atom stereocenters. The summed E-state index contributed by atoms with van der Waals surface area (Å²) in [6.07, 6.45) is 3.61. The van der Waals surface area contributed by atoms with E-state index in [4.69, 9.17) is 9.63 Å². The molecule has 0 aromatic carbocycles. The molecule has 1 fully saturated rings. The van der Waals surface area contributed by atoms with Crippen LogP contribution in [0.5, 0.6) is 0 Å². The summed E-state index contributed by atoms with van der Waals surface area (Å²) >= 11 is 0. The van der Waals surface area contributed by atoms with E-state index in [1.165, 1.54) is 22.9 Å². The molecule has 2 heterocycles. The van der Waals surface area contributed by atoms with Crippen LogP contribution in [0.1, 0.15) is 40.8 Å². The van der Waals surface area contributed by atoms with Crippen molar-refractivity contribution < 1.29 is 14.4 Å². The minimum absolute atomic E-state index is 0.107. The Morgan fingerprint density at radius 1 is 1.53 bits per heavy atom. The smallest absolute Gasteiger partial charge is 0.341 e. The Balaban J connectivity index is 1.87. The summed E-state index contributed by atoms with van der Waals surface area (Å²) in [4.78, 5) is 26.9. The summed E-state index contributed by atoms with van der Waals surface area (Å²) in [5.41, 5.74) is -0.846. The van der Waals surface area contributed by atoms with E-state index in [1.807, 2.05) is 0 Å². The summed E-state index contributed by atoms with van der Waals surface area (Å²) < 4.78 is 6.34. The van der Waals surface area contributed by atoms with E-state index in [-0.39, 0.29) is 12.1 Å². The van der Waals surface area contributed by atoms with Crippen LogP contribution in [0.15, 0.2) is 27.6 Å². The Bertz CT molecular complexity index is 684. The minimum Gasteiger partial charge on any atom is -0.477 e. The van der Waals surface area contributed by atoms with E-state index in [2.05, 4.69) is 10.1 Å². The molecule has 0 radical (unpaired) electrons. The zero-order valence-electron chi connectivity index (χ0n) is 9.94. The lowest BCUT2D eigenvalue weighted by molar-refractivity contribution is 0.0694. The van der Waals surface area contributed by atoms with Crippen molar-refractivity contribution in [1.29, 1.82) is 0 Å². The molecule has 98 valence electrons. The maximum absolute atomic E-state index is 11.9. The van der Waals surface area contributed by atoms with Crippen LogP contribution in [0.25, 0.3) is 0 Å². The predicted molar refractivity (Wildman–Crippen MR) is 63.0 cm³/mol. The van der Waals surface area contributed by atoms with Crippen LogP contribution in [0, 0.1) is 0 Å². The lowest BCUT2D eigenvalue weighted by Gasteiger charge is -2.02. The molecule has 1 aliphatic carbocycles. The highest BCUT2D eigenvalue weighted by Gasteiger charge is 2.29. The number of carboxylic acids is 1. The van der Waals surface area contributed by atoms with E-state index < -0.39 is 11.5 Å². The molecule has 1 saturated carbocycles. The van der Waals surface area contributed by atoms with Gasteiger partial charge in [0.2, 0.25) is 5.89 Å². The average Bonchev–Trinajstić information content (AvgIpc) is 3.12. The van der Waals surface area contributed by atoms with Gasteiger partial charge < -0.3 is 14.2 Å². The molecule has 1 aliphatic rings. The maximum atomic E-state index is 11.9. The normalized spacial score (nSPS) is 14.5. The molecule has 0 aliphatic heterocycles. The van der Waals surface area contributed by atoms with Crippen LogP contribution in [0.4, 0.5) is 0 Å². The second-order valence-corrected chi connectivity index (χ2v) is 4.48. The molecular formula is C12H11N3O4. The molecule has 0 saturated heterocycles. The Morgan fingerprint density at radius 2 is 2.32 bits per heavy atom. The van der Waals surface area contributed by atoms with Crippen LogP contribution in [-0.4, -0.2) is 25.8 Å². The third-order valence-electron chi connectivity index (χ3n) is 2.97. The predicted octanol–water partition coefficient (Wildman–Crippen LogP) is 0.855. The largest absolute Gasteiger partial charge is 0.477 e. The maximum Gasteiger partial charge on any atom is 0.341 e. The van der Waals surface area contributed by atoms with Gasteiger partial charge in [-0.25, -0.2) is 4.79 Å². The molecule has 19 heavy (non-hydrogen) atoms. The molecule has 1 N–H and O–H groups in total. The summed E-state index contributed by atoms with van der Waals surface area (Å²) in [7, 11) is 0. The van der Waals surface area contributed by atoms with E-state index in [0.29, 0.717) is 17.6 Å². The lowest BCUT2D eigenvalue weighted by atomic mass is 10.3. The monoisotopic (exact) mass is 261 g/mol. The Morgan fingerprint density at radius 3 is 3.00 bits per heavy atom. The first-order valence-electron chi connectivity index (χ1n) is 5.90. The molecule has 7 nitrogen and oxygen atoms in total. The molecule has 0 amide bonds. The van der Waals surface area contributed by atoms with Crippen LogP contribution in [0.3, 0.4) is 0 Å². The first kappa shape index (κ1) is 11.6. The van der Waals surface area contributed by atoms with Crippen LogP contribution >= 0.6 is 0 Å². The van der Waals surface area contributed by atoms with Gasteiger partial charge in [-0.05, 0) is 25.0 Å². The van der Waals surface area contributed by atoms with Crippen LogP contribution in [0.2, 0.25) is 0 Å². The van der Waals surface area contributed by atoms with Crippen molar-refractivity contribution in [3.63, 3.8) is 0 Å². The molecule has 2 aromatic rings. The number of aromatic nitrogens is 3. The van der Waals surface area contributed by atoms with E-state index in [9.17, 15) is 9.59 Å². The summed E-state index contributed by atoms with van der Waals surface area (Å²) in [5, 5.41) is 12.7. The van der Waals surface area contributed by atoms with E-state index in [0.717, 1.165) is 12.8 Å². The molecule has 3 rings (SSSR count). The van der Waals surface area contributed by atoms with Gasteiger partial charge in [0.25, 0.3) is 5.56 Å². The molecule has 0 bridgehead atoms. The highest BCUT2D eigenvalue weighted by atomic mass is 16.5. The van der Waals surface area contributed by atoms with Gasteiger partial charge in [-0.3, -0.25) is 4.79 Å². The number of nitrogens with zero attached hydrogens (tertiary/aromatic N) is 3. The van der Waals surface area contributed by atoms with Crippen molar-refractivity contribution in [3.05, 3.63) is 46.0 Å². The zero-order chi connectivity index (χ0) is 13.4. The fraction of sp³-hybridized carbons (Fsp3) is 0.333. The number of hydrogen-bond donors (Lipinski definition) is 1. The molecular weight excluding hydrogens is 250 g/mol. The van der Waals surface area contributed by atoms with Crippen molar-refractivity contribution in [2.75, 3.05) is 0 Å². The number of pyridine rings is 1. The van der Waals surface area contributed by atoms with Crippen molar-refractivity contribution >= 4 is 5.97 Å². The number of aromatic carboxylic acids is 1. The standard InChI is InChI=1S/C12H11N3O4/c16-11-8(12(17)18)2-1-5-15(11)6-9-13-10(19-14-9)7-3-4-7/h1-2,5,7H,3-4,6H2,(H,17,18). The average molecular weight is 261 g/mol. The number of hydrogen-bond acceptors (Lipinski definition) is 5. The number of carboxylic acid groups (broad SMARTS) is 1. The minimum atomic E-state index is -1.24. The van der Waals surface area contributed by atoms with Gasteiger partial charge in [0.15, 0.2) is 5.82 Å². The van der Waals surface area contributed by atoms with Gasteiger partial charge in [-0.1, -0.05) is 5.16 Å². The van der Waals surface area contributed by atoms with Gasteiger partial charge in [0.05, 0.1) is 6.54 Å². The molecule has 0 unspecified atom stereocenters. The quantitative estimate of drug-likeness (QED) is 0.876. The fourth-order valence-electron chi connectivity index (χ4n) is 1.80. The number of carbonyl (C=O) groups is 1. The third kappa shape index (κ3) is 2.26. The van der Waals surface area contributed by atoms with Crippen LogP contribution < -0.4 is 5.56 Å². The Kier molecular flexibility index (Phi) is 2.66. The van der Waals surface area contributed by atoms with Gasteiger partial charge in [0, 0.05) is 12.1 Å². The van der Waals surface area contributed by atoms with Crippen molar-refractivity contribution in [2.45, 2.75) is 25.3 Å². The lowest BCUT2D eigenvalue weighted by Crippen LogP contribution is -2.26. The van der Waals surface area contributed by atoms with Gasteiger partial charge in [-0.2, -0.15) is 4.98 Å². The van der Waals surface area contributed by atoms with Gasteiger partial charge in [-0.15, -0.1) is 0 Å². The molecule has 7 heteroatoms. The van der Waals surface area contributed by atoms with Gasteiger partial charge in [0.1, 0.15) is 5.56 Å². The second kappa shape index (κ2) is 4.34. The molecule has 2 aromatic heterocycles. The van der Waals surface area contributed by atoms with Crippen molar-refractivity contribution in [2.24, 2.45) is 0 Å². The number of rotatable bonds is 4. The van der Waals surface area contributed by atoms with Gasteiger partial charge >= 0.3 is 5.97 Å². The molecule has 0 spiro atoms. The topological polar surface area (TPSA) is 98.2 Å². The zero-order valence-corrected chi connectivity index (χ0v) is 9.94.